The van der Waals surface area contributed by atoms with Gasteiger partial charge < -0.3 is 20.1 Å². The van der Waals surface area contributed by atoms with Crippen molar-refractivity contribution >= 4 is 25.2 Å². The standard InChI is InChI=1S/C13H29N3O2.C11H23NO2S.C4H8O.CH5P/c1-5-12(7-8-14-3)16(6-2)10-9-15-13(17)11-18-4;1-6-9-12(8-3)15(13,14)11(7-2)10(4)5;1-4(2)5-3;1-2/h12,14H,5-11H2,1-4H3,(H,15,17);7,10H,6,8-9H2,1-5H3;1H2,2-3H3;2H2,1H3/p+1/b;11-7-;;. The molecule has 0 radical (unpaired) electrons. The van der Waals surface area contributed by atoms with Crippen molar-refractivity contribution in [3.8, 4) is 0 Å². The molecular formula is C29H66N4O5PS+. The number of hydrogen-bond donors (Lipinski definition) is 2. The Morgan fingerprint density at radius 2 is 1.65 bits per heavy atom. The molecule has 0 spiro atoms. The van der Waals surface area contributed by atoms with Gasteiger partial charge in [-0.05, 0) is 39.2 Å². The predicted octanol–water partition coefficient (Wildman–Crippen LogP) is 3.70. The Hall–Kier alpha value is -1.03. The lowest BCUT2D eigenvalue weighted by Gasteiger charge is -2.29. The van der Waals surface area contributed by atoms with Crippen LogP contribution in [-0.2, 0) is 24.3 Å². The first-order valence-electron chi connectivity index (χ1n) is 14.6. The normalized spacial score (nSPS) is 11.9. The summed E-state index contributed by atoms with van der Waals surface area (Å²) in [5.41, 5.74) is 0. The maximum Gasteiger partial charge on any atom is 0.246 e. The number of sulfonamides is 1. The summed E-state index contributed by atoms with van der Waals surface area (Å²) in [4.78, 5) is 14.2. The molecule has 11 heteroatoms. The molecule has 40 heavy (non-hydrogen) atoms. The van der Waals surface area contributed by atoms with Gasteiger partial charge in [0.25, 0.3) is 0 Å². The first-order chi connectivity index (χ1) is 18.9. The summed E-state index contributed by atoms with van der Waals surface area (Å²) in [5.74, 6) is 0.763. The molecule has 1 amide bonds. The number of carbonyl (C=O) groups excluding carboxylic acids is 1. The molecule has 0 saturated carbocycles. The van der Waals surface area contributed by atoms with Gasteiger partial charge in [0, 0.05) is 45.8 Å². The zero-order chi connectivity index (χ0) is 32.1. The summed E-state index contributed by atoms with van der Waals surface area (Å²) in [6, 6.07) is 0.616. The van der Waals surface area contributed by atoms with E-state index in [4.69, 9.17) is 4.74 Å². The SMILES string of the molecule is C/C=C(/C(C)C)S(=O)(=O)N(CC)CCC.C=C(C)OC.CCC(CC[NH2+]C)N(CC)CCNC(=O)COC.CP. The van der Waals surface area contributed by atoms with Crippen molar-refractivity contribution in [1.29, 1.82) is 0 Å². The van der Waals surface area contributed by atoms with Gasteiger partial charge in [-0.1, -0.05) is 60.9 Å². The molecule has 0 aliphatic heterocycles. The molecule has 0 bridgehead atoms. The second-order valence-electron chi connectivity index (χ2n) is 9.21. The summed E-state index contributed by atoms with van der Waals surface area (Å²) in [5, 5.41) is 5.09. The van der Waals surface area contributed by atoms with Crippen molar-refractivity contribution in [2.75, 3.05) is 73.8 Å². The van der Waals surface area contributed by atoms with Crippen molar-refractivity contribution < 1.29 is 28.0 Å². The van der Waals surface area contributed by atoms with E-state index in [-0.39, 0.29) is 18.4 Å². The van der Waals surface area contributed by atoms with Crippen LogP contribution in [0.3, 0.4) is 0 Å². The monoisotopic (exact) mass is 613 g/mol. The average Bonchev–Trinajstić information content (AvgIpc) is 2.92. The number of hydrogen-bond acceptors (Lipinski definition) is 6. The molecule has 0 aliphatic carbocycles. The van der Waals surface area contributed by atoms with E-state index in [1.54, 1.807) is 31.3 Å². The zero-order valence-electron chi connectivity index (χ0n) is 28.0. The van der Waals surface area contributed by atoms with Crippen LogP contribution in [0.25, 0.3) is 0 Å². The van der Waals surface area contributed by atoms with Gasteiger partial charge in [-0.2, -0.15) is 4.31 Å². The summed E-state index contributed by atoms with van der Waals surface area (Å²) in [7, 11) is 4.43. The molecule has 0 heterocycles. The van der Waals surface area contributed by atoms with E-state index in [9.17, 15) is 13.2 Å². The van der Waals surface area contributed by atoms with E-state index in [1.807, 2.05) is 34.4 Å². The van der Waals surface area contributed by atoms with Crippen LogP contribution in [0.4, 0.5) is 0 Å². The fourth-order valence-electron chi connectivity index (χ4n) is 3.75. The third kappa shape index (κ3) is 23.7. The van der Waals surface area contributed by atoms with E-state index in [1.165, 1.54) is 13.5 Å². The summed E-state index contributed by atoms with van der Waals surface area (Å²) in [6.45, 7) is 26.1. The minimum absolute atomic E-state index is 0.0384. The number of nitrogens with two attached hydrogens (primary N) is 1. The molecular weight excluding hydrogens is 547 g/mol. The Kier molecular flexibility index (Phi) is 35.5. The van der Waals surface area contributed by atoms with Gasteiger partial charge >= 0.3 is 0 Å². The van der Waals surface area contributed by atoms with Crippen molar-refractivity contribution in [2.24, 2.45) is 5.92 Å². The Balaban J connectivity index is -0.000000265. The number of quaternary nitrogens is 1. The molecule has 2 unspecified atom stereocenters. The molecule has 242 valence electrons. The van der Waals surface area contributed by atoms with Crippen LogP contribution >= 0.6 is 9.24 Å². The van der Waals surface area contributed by atoms with Crippen LogP contribution in [0.15, 0.2) is 23.3 Å². The van der Waals surface area contributed by atoms with Crippen molar-refractivity contribution in [3.63, 3.8) is 0 Å². The summed E-state index contributed by atoms with van der Waals surface area (Å²) < 4.78 is 35.2. The number of rotatable bonds is 18. The van der Waals surface area contributed by atoms with Gasteiger partial charge in [-0.25, -0.2) is 8.42 Å². The van der Waals surface area contributed by atoms with E-state index in [2.05, 4.69) is 57.0 Å². The van der Waals surface area contributed by atoms with Crippen molar-refractivity contribution in [1.82, 2.24) is 14.5 Å². The number of nitrogens with one attached hydrogen (secondary N) is 1. The van der Waals surface area contributed by atoms with Gasteiger partial charge in [-0.3, -0.25) is 9.69 Å². The second-order valence-corrected chi connectivity index (χ2v) is 11.1. The van der Waals surface area contributed by atoms with Crippen molar-refractivity contribution in [3.05, 3.63) is 23.3 Å². The van der Waals surface area contributed by atoms with Crippen LogP contribution in [0, 0.1) is 5.92 Å². The Morgan fingerprint density at radius 3 is 1.98 bits per heavy atom. The molecule has 0 aromatic carbocycles. The van der Waals surface area contributed by atoms with Gasteiger partial charge in [0.05, 0.1) is 31.4 Å². The minimum atomic E-state index is -3.23. The highest BCUT2D eigenvalue weighted by Gasteiger charge is 2.26. The van der Waals surface area contributed by atoms with E-state index in [0.717, 1.165) is 38.2 Å². The van der Waals surface area contributed by atoms with Crippen LogP contribution in [0.1, 0.15) is 74.7 Å². The predicted molar refractivity (Wildman–Crippen MR) is 176 cm³/mol. The second kappa shape index (κ2) is 30.9. The molecule has 0 aromatic heterocycles. The van der Waals surface area contributed by atoms with Crippen LogP contribution in [-0.4, -0.2) is 103 Å². The molecule has 0 rings (SSSR count). The molecule has 2 atom stereocenters. The Bertz CT molecular complexity index is 734. The highest BCUT2D eigenvalue weighted by atomic mass is 32.2. The smallest absolute Gasteiger partial charge is 0.246 e. The number of amides is 1. The fourth-order valence-corrected chi connectivity index (χ4v) is 5.71. The number of methoxy groups -OCH3 is 2. The molecule has 9 nitrogen and oxygen atoms in total. The first kappa shape index (κ1) is 45.9. The lowest BCUT2D eigenvalue weighted by Crippen LogP contribution is -2.80. The van der Waals surface area contributed by atoms with E-state index < -0.39 is 10.0 Å². The topological polar surface area (TPSA) is 105 Å². The molecule has 0 aromatic rings. The van der Waals surface area contributed by atoms with Gasteiger partial charge in [0.2, 0.25) is 15.9 Å². The van der Waals surface area contributed by atoms with Crippen LogP contribution in [0.2, 0.25) is 0 Å². The zero-order valence-corrected chi connectivity index (χ0v) is 30.0. The summed E-state index contributed by atoms with van der Waals surface area (Å²) >= 11 is 0. The lowest BCUT2D eigenvalue weighted by atomic mass is 10.1. The third-order valence-electron chi connectivity index (χ3n) is 5.84. The van der Waals surface area contributed by atoms with Crippen molar-refractivity contribution in [2.45, 2.75) is 80.7 Å². The largest absolute Gasteiger partial charge is 0.502 e. The van der Waals surface area contributed by atoms with Crippen LogP contribution < -0.4 is 10.6 Å². The third-order valence-corrected chi connectivity index (χ3v) is 8.27. The molecule has 0 fully saturated rings. The number of ether oxygens (including phenoxy) is 2. The fraction of sp³-hybridized carbons (Fsp3) is 0.828. The number of likely N-dealkylation sites (N-methyl/N-ethyl adjacent to an activating group) is 1. The van der Waals surface area contributed by atoms with Gasteiger partial charge in [0.15, 0.2) is 0 Å². The highest BCUT2D eigenvalue weighted by molar-refractivity contribution is 7.93. The number of allylic oxidation sites excluding steroid dienone is 3. The van der Waals surface area contributed by atoms with Crippen LogP contribution in [0.5, 0.6) is 0 Å². The Morgan fingerprint density at radius 1 is 1.10 bits per heavy atom. The molecule has 3 N–H and O–H groups in total. The maximum atomic E-state index is 12.2. The number of carbonyl (C=O) groups is 1. The first-order valence-corrected chi connectivity index (χ1v) is 17.2. The lowest BCUT2D eigenvalue weighted by molar-refractivity contribution is -0.627. The Labute approximate surface area is 251 Å². The molecule has 0 saturated heterocycles. The average molecular weight is 614 g/mol. The summed E-state index contributed by atoms with van der Waals surface area (Å²) in [6.07, 6.45) is 4.92. The van der Waals surface area contributed by atoms with Gasteiger partial charge in [0.1, 0.15) is 6.61 Å². The van der Waals surface area contributed by atoms with E-state index in [0.29, 0.717) is 30.6 Å². The highest BCUT2D eigenvalue weighted by Crippen LogP contribution is 2.21. The van der Waals surface area contributed by atoms with Gasteiger partial charge in [-0.15, -0.1) is 9.24 Å². The molecule has 0 aliphatic rings. The quantitative estimate of drug-likeness (QED) is 0.181. The number of nitrogens with zero attached hydrogens (tertiary/aromatic N) is 2. The maximum absolute atomic E-state index is 12.2. The van der Waals surface area contributed by atoms with E-state index >= 15 is 0 Å². The minimum Gasteiger partial charge on any atom is -0.502 e.